The number of aromatic hydroxyl groups is 3. The van der Waals surface area contributed by atoms with E-state index in [9.17, 15) is 30.6 Å². The minimum Gasteiger partial charge on any atom is -0.508 e. The SMILES string of the molecule is OCCCOCNC1C=C2C#C[C@H](CCc3ccc(O)c(Cc4cccc(O)c4)c3)CCC[C@H]3C[C@H](O)[C@H]4C=Cc5c(c(CO)cc(O)c5OCc5cc([C@]67c8c9cccc8CC[C@H]6C6(CCCCC6)OC[C@H]7CC9)cc6cn(cc56)C(=C2CO3)N1)C4. The molecule has 0 radical (unpaired) electrons. The first-order valence-electron chi connectivity index (χ1n) is 32.3. The highest BCUT2D eigenvalue weighted by atomic mass is 16.5. The van der Waals surface area contributed by atoms with Crippen LogP contribution in [-0.2, 0) is 64.9 Å². The van der Waals surface area contributed by atoms with Crippen LogP contribution < -0.4 is 15.4 Å². The number of aromatic nitrogens is 1. The lowest BCUT2D eigenvalue weighted by Gasteiger charge is -2.63. The smallest absolute Gasteiger partial charge is 0.168 e. The number of ether oxygens (including phenoxy) is 4. The van der Waals surface area contributed by atoms with E-state index in [1.807, 2.05) is 30.4 Å². The van der Waals surface area contributed by atoms with E-state index in [1.54, 1.807) is 24.3 Å². The molecule has 13 nitrogen and oxygen atoms in total. The van der Waals surface area contributed by atoms with Crippen LogP contribution in [0.5, 0.6) is 23.0 Å². The number of hydrogen-bond donors (Lipinski definition) is 8. The molecule has 5 aliphatic heterocycles. The van der Waals surface area contributed by atoms with Gasteiger partial charge in [0.15, 0.2) is 11.5 Å². The van der Waals surface area contributed by atoms with Gasteiger partial charge in [-0.1, -0.05) is 91.8 Å². The molecular weight excluding hydrogens is 1090 g/mol. The second kappa shape index (κ2) is 24.6. The molecule has 6 heterocycles. The lowest BCUT2D eigenvalue weighted by Crippen LogP contribution is -2.64. The molecule has 4 aliphatic carbocycles. The Balaban J connectivity index is 0.920. The fraction of sp³-hybridized carbons (Fsp3) is 0.459. The van der Waals surface area contributed by atoms with Gasteiger partial charge in [-0.3, -0.25) is 5.32 Å². The van der Waals surface area contributed by atoms with Crippen LogP contribution in [0.15, 0.2) is 115 Å². The number of rotatable bonds is 13. The van der Waals surface area contributed by atoms with Gasteiger partial charge in [-0.2, -0.15) is 0 Å². The summed E-state index contributed by atoms with van der Waals surface area (Å²) in [6.45, 7) is 1.53. The molecule has 87 heavy (non-hydrogen) atoms. The zero-order chi connectivity index (χ0) is 59.2. The molecule has 1 unspecified atom stereocenters. The predicted molar refractivity (Wildman–Crippen MR) is 336 cm³/mol. The van der Waals surface area contributed by atoms with Crippen LogP contribution in [0.3, 0.4) is 0 Å². The number of hydrogen-bond acceptors (Lipinski definition) is 12. The second-order valence-corrected chi connectivity index (χ2v) is 26.2. The Morgan fingerprint density at radius 2 is 1.69 bits per heavy atom. The van der Waals surface area contributed by atoms with E-state index >= 15 is 0 Å². The summed E-state index contributed by atoms with van der Waals surface area (Å²) in [7, 11) is 0. The molecule has 1 saturated carbocycles. The lowest BCUT2D eigenvalue weighted by atomic mass is 9.45. The van der Waals surface area contributed by atoms with Crippen LogP contribution in [0.2, 0.25) is 0 Å². The molecule has 6 aromatic rings. The minimum atomic E-state index is -0.777. The highest BCUT2D eigenvalue weighted by Crippen LogP contribution is 2.64. The van der Waals surface area contributed by atoms with Crippen molar-refractivity contribution in [2.45, 2.75) is 158 Å². The highest BCUT2D eigenvalue weighted by molar-refractivity contribution is 5.89. The fourth-order valence-electron chi connectivity index (χ4n) is 16.9. The van der Waals surface area contributed by atoms with Crippen LogP contribution in [0, 0.1) is 35.5 Å². The van der Waals surface area contributed by atoms with Gasteiger partial charge in [0.2, 0.25) is 0 Å². The minimum absolute atomic E-state index is 0.00462. The number of fused-ring (bicyclic) bond motifs is 3. The Morgan fingerprint density at radius 1 is 0.828 bits per heavy atom. The molecule has 8 N–H and O–H groups in total. The Hall–Kier alpha value is -6.86. The van der Waals surface area contributed by atoms with E-state index in [0.717, 1.165) is 132 Å². The van der Waals surface area contributed by atoms with Crippen molar-refractivity contribution in [1.82, 2.24) is 15.2 Å². The largest absolute Gasteiger partial charge is 0.508 e. The molecule has 1 spiro atoms. The Kier molecular flexibility index (Phi) is 16.4. The first kappa shape index (κ1) is 57.9. The summed E-state index contributed by atoms with van der Waals surface area (Å²) in [5.41, 5.74) is 13.0. The predicted octanol–water partition coefficient (Wildman–Crippen LogP) is 11.3. The molecule has 1 saturated heterocycles. The van der Waals surface area contributed by atoms with E-state index in [0.29, 0.717) is 50.0 Å². The Bertz CT molecular complexity index is 3720. The monoisotopic (exact) mass is 1170 g/mol. The Labute approximate surface area is 510 Å². The second-order valence-electron chi connectivity index (χ2n) is 26.2. The van der Waals surface area contributed by atoms with Crippen LogP contribution in [0.25, 0.3) is 22.7 Å². The first-order valence-corrected chi connectivity index (χ1v) is 32.3. The molecule has 15 rings (SSSR count). The molecular formula is C74H83N3O10. The highest BCUT2D eigenvalue weighted by Gasteiger charge is 2.63. The van der Waals surface area contributed by atoms with Crippen molar-refractivity contribution < 1.29 is 49.6 Å². The maximum Gasteiger partial charge on any atom is 0.168 e. The van der Waals surface area contributed by atoms with E-state index in [1.165, 1.54) is 41.5 Å². The van der Waals surface area contributed by atoms with Crippen LogP contribution in [-0.4, -0.2) is 92.3 Å². The molecule has 9 aliphatic rings. The van der Waals surface area contributed by atoms with Gasteiger partial charge in [0.05, 0.1) is 51.0 Å². The van der Waals surface area contributed by atoms with Crippen molar-refractivity contribution in [3.05, 3.63) is 176 Å². The summed E-state index contributed by atoms with van der Waals surface area (Å²) in [6.07, 6.45) is 24.8. The van der Waals surface area contributed by atoms with Crippen molar-refractivity contribution in [2.24, 2.45) is 23.7 Å². The number of phenolic OH excluding ortho intramolecular Hbond substituents is 3. The van der Waals surface area contributed by atoms with Gasteiger partial charge in [0.1, 0.15) is 30.1 Å². The van der Waals surface area contributed by atoms with Crippen molar-refractivity contribution in [1.29, 1.82) is 0 Å². The third-order valence-corrected chi connectivity index (χ3v) is 21.1. The van der Waals surface area contributed by atoms with E-state index in [-0.39, 0.29) is 91.2 Å². The van der Waals surface area contributed by atoms with Gasteiger partial charge in [0.25, 0.3) is 0 Å². The number of aliphatic hydroxyl groups excluding tert-OH is 3. The molecule has 13 heteroatoms. The summed E-state index contributed by atoms with van der Waals surface area (Å²) < 4.78 is 29.8. The van der Waals surface area contributed by atoms with Crippen LogP contribution >= 0.6 is 0 Å². The number of dihydropyridines is 1. The molecule has 0 amide bonds. The van der Waals surface area contributed by atoms with Crippen molar-refractivity contribution in [3.8, 4) is 34.8 Å². The number of aryl methyl sites for hydroxylation is 3. The quantitative estimate of drug-likeness (QED) is 0.0311. The molecule has 1 aromatic heterocycles. The number of phenols is 3. The summed E-state index contributed by atoms with van der Waals surface area (Å²) in [5, 5.41) is 75.5. The maximum absolute atomic E-state index is 12.4. The Morgan fingerprint density at radius 3 is 2.54 bits per heavy atom. The average molecular weight is 1170 g/mol. The first-order chi connectivity index (χ1) is 42.6. The average Bonchev–Trinajstić information content (AvgIpc) is 1.04. The zero-order valence-corrected chi connectivity index (χ0v) is 49.9. The zero-order valence-electron chi connectivity index (χ0n) is 49.9. The molecule has 454 valence electrons. The number of benzene rings is 5. The number of aliphatic hydroxyl groups is 3. The van der Waals surface area contributed by atoms with Gasteiger partial charge in [-0.05, 0) is 181 Å². The van der Waals surface area contributed by atoms with Crippen molar-refractivity contribution in [2.75, 3.05) is 33.2 Å². The standard InChI is InChI=1S/C74H83N3O10/c78-28-7-29-84-45-75-69-37-51-18-16-46(14-15-47-17-24-65(81)53(30-47)31-48-9-4-12-59(80)32-48)8-5-13-60-38-66(82)52-20-23-61-62(35-52)55(41-79)36-67(83)71(61)86-42-56-34-58(33-54-39-77(40-63(54)56)72(76-69)64(51)44-85-60)74-57-22-19-49-10-6-11-50(70(49)74)21-25-68(74)73(87-43-57)26-2-1-3-27-73/h4,6,9-12,17,20,23-24,30,32-34,36-37,39-40,46,52,57,60,66,68-69,75-76,78-83H,1-3,5,7-8,13-15,19,21-22,25-29,31,35,38,41-45H2/t46-,52-,57+,60-,66-,68-,69?,74-/m0/s1. The van der Waals surface area contributed by atoms with Crippen LogP contribution in [0.4, 0.5) is 0 Å². The summed E-state index contributed by atoms with van der Waals surface area (Å²) in [6, 6.07) is 26.6. The van der Waals surface area contributed by atoms with E-state index in [4.69, 9.17) is 18.9 Å². The normalized spacial score (nSPS) is 26.2. The number of nitrogens with one attached hydrogen (secondary N) is 2. The van der Waals surface area contributed by atoms with Gasteiger partial charge in [-0.25, -0.2) is 0 Å². The van der Waals surface area contributed by atoms with Gasteiger partial charge in [0, 0.05) is 82.5 Å². The van der Waals surface area contributed by atoms with Crippen molar-refractivity contribution >= 4 is 22.7 Å². The maximum atomic E-state index is 12.4. The molecule has 8 atom stereocenters. The fourth-order valence-corrected chi connectivity index (χ4v) is 16.9. The summed E-state index contributed by atoms with van der Waals surface area (Å²) in [4.78, 5) is 0. The van der Waals surface area contributed by atoms with Crippen molar-refractivity contribution in [3.63, 3.8) is 0 Å². The summed E-state index contributed by atoms with van der Waals surface area (Å²) >= 11 is 0. The topological polar surface area (TPSA) is 187 Å². The summed E-state index contributed by atoms with van der Waals surface area (Å²) in [5.74, 6) is 9.41. The van der Waals surface area contributed by atoms with Gasteiger partial charge >= 0.3 is 0 Å². The lowest BCUT2D eigenvalue weighted by molar-refractivity contribution is -0.193. The van der Waals surface area contributed by atoms with E-state index < -0.39 is 12.3 Å². The van der Waals surface area contributed by atoms with E-state index in [2.05, 4.69) is 81.9 Å². The third kappa shape index (κ3) is 11.1. The third-order valence-electron chi connectivity index (χ3n) is 21.1. The van der Waals surface area contributed by atoms with Gasteiger partial charge in [-0.15, -0.1) is 0 Å². The van der Waals surface area contributed by atoms with Gasteiger partial charge < -0.3 is 59.5 Å². The molecule has 2 fully saturated rings. The molecule has 5 aromatic carbocycles. The van der Waals surface area contributed by atoms with Crippen LogP contribution in [0.1, 0.15) is 145 Å². The molecule has 8 bridgehead atoms. The number of nitrogens with zero attached hydrogens (tertiary/aromatic N) is 1.